The van der Waals surface area contributed by atoms with Crippen LogP contribution in [0.2, 0.25) is 0 Å². The molecule has 1 heterocycles. The number of hydrogen-bond acceptors (Lipinski definition) is 1. The summed E-state index contributed by atoms with van der Waals surface area (Å²) in [7, 11) is 0. The van der Waals surface area contributed by atoms with Gasteiger partial charge >= 0.3 is 0 Å². The Morgan fingerprint density at radius 2 is 0.793 bits per heavy atom. The number of para-hydroxylation sites is 3. The van der Waals surface area contributed by atoms with E-state index in [1.54, 1.807) is 0 Å². The number of benzene rings is 10. The van der Waals surface area contributed by atoms with Crippen LogP contribution >= 0.6 is 0 Å². The summed E-state index contributed by atoms with van der Waals surface area (Å²) in [5.74, 6) is 0. The zero-order valence-corrected chi connectivity index (χ0v) is 31.8. The van der Waals surface area contributed by atoms with Crippen molar-refractivity contribution in [3.05, 3.63) is 231 Å². The maximum Gasteiger partial charge on any atom is 0.0541 e. The van der Waals surface area contributed by atoms with Crippen LogP contribution in [-0.4, -0.2) is 4.57 Å². The molecule has 0 atom stereocenters. The Kier molecular flexibility index (Phi) is 8.19. The fourth-order valence-electron chi connectivity index (χ4n) is 8.73. The largest absolute Gasteiger partial charge is 0.310 e. The van der Waals surface area contributed by atoms with Crippen molar-refractivity contribution in [3.8, 4) is 39.1 Å². The molecule has 11 aromatic rings. The molecular formula is C56H38N2. The van der Waals surface area contributed by atoms with Gasteiger partial charge in [-0.1, -0.05) is 158 Å². The van der Waals surface area contributed by atoms with Crippen LogP contribution in [-0.2, 0) is 0 Å². The van der Waals surface area contributed by atoms with E-state index in [1.165, 1.54) is 76.7 Å². The summed E-state index contributed by atoms with van der Waals surface area (Å²) in [6.45, 7) is 0. The Morgan fingerprint density at radius 1 is 0.276 bits per heavy atom. The summed E-state index contributed by atoms with van der Waals surface area (Å²) in [6, 6.07) is 83.8. The van der Waals surface area contributed by atoms with Crippen molar-refractivity contribution < 1.29 is 0 Å². The van der Waals surface area contributed by atoms with Crippen molar-refractivity contribution in [3.63, 3.8) is 0 Å². The van der Waals surface area contributed by atoms with Crippen molar-refractivity contribution in [2.45, 2.75) is 0 Å². The molecule has 11 rings (SSSR count). The molecule has 58 heavy (non-hydrogen) atoms. The summed E-state index contributed by atoms with van der Waals surface area (Å²) in [4.78, 5) is 2.37. The predicted octanol–water partition coefficient (Wildman–Crippen LogP) is 15.6. The molecule has 0 bridgehead atoms. The third-order valence-corrected chi connectivity index (χ3v) is 11.5. The number of anilines is 3. The first-order chi connectivity index (χ1) is 28.7. The number of hydrogen-bond donors (Lipinski definition) is 0. The molecule has 0 unspecified atom stereocenters. The minimum atomic E-state index is 1.09. The maximum absolute atomic E-state index is 2.40. The van der Waals surface area contributed by atoms with Crippen molar-refractivity contribution in [2.24, 2.45) is 0 Å². The van der Waals surface area contributed by atoms with Gasteiger partial charge in [0, 0.05) is 33.5 Å². The summed E-state index contributed by atoms with van der Waals surface area (Å²) in [5, 5.41) is 7.47. The monoisotopic (exact) mass is 738 g/mol. The molecule has 0 N–H and O–H groups in total. The van der Waals surface area contributed by atoms with E-state index < -0.39 is 0 Å². The number of nitrogens with zero attached hydrogens (tertiary/aromatic N) is 2. The van der Waals surface area contributed by atoms with E-state index in [0.29, 0.717) is 0 Å². The van der Waals surface area contributed by atoms with Gasteiger partial charge in [-0.3, -0.25) is 0 Å². The quantitative estimate of drug-likeness (QED) is 0.158. The first kappa shape index (κ1) is 33.6. The molecule has 0 fully saturated rings. The van der Waals surface area contributed by atoms with E-state index in [1.807, 2.05) is 0 Å². The van der Waals surface area contributed by atoms with Gasteiger partial charge in [0.15, 0.2) is 0 Å². The first-order valence-electron chi connectivity index (χ1n) is 19.9. The van der Waals surface area contributed by atoms with Crippen LogP contribution in [0.1, 0.15) is 0 Å². The molecule has 0 saturated heterocycles. The fourth-order valence-corrected chi connectivity index (χ4v) is 8.73. The van der Waals surface area contributed by atoms with Crippen LogP contribution in [0.4, 0.5) is 17.1 Å². The Labute approximate surface area is 338 Å². The summed E-state index contributed by atoms with van der Waals surface area (Å²) in [6.07, 6.45) is 0. The zero-order chi connectivity index (χ0) is 38.4. The lowest BCUT2D eigenvalue weighted by Crippen LogP contribution is -2.10. The minimum absolute atomic E-state index is 1.09. The Morgan fingerprint density at radius 3 is 1.48 bits per heavy atom. The molecule has 0 saturated carbocycles. The zero-order valence-electron chi connectivity index (χ0n) is 31.8. The third-order valence-electron chi connectivity index (χ3n) is 11.5. The molecular weight excluding hydrogens is 701 g/mol. The van der Waals surface area contributed by atoms with Crippen LogP contribution in [0, 0.1) is 0 Å². The average molecular weight is 739 g/mol. The minimum Gasteiger partial charge on any atom is -0.310 e. The Balaban J connectivity index is 1.07. The number of aromatic nitrogens is 1. The Hall–Kier alpha value is -7.68. The fraction of sp³-hybridized carbons (Fsp3) is 0. The van der Waals surface area contributed by atoms with Gasteiger partial charge in [-0.25, -0.2) is 0 Å². The molecule has 0 amide bonds. The molecule has 2 heteroatoms. The second-order valence-electron chi connectivity index (χ2n) is 15.0. The smallest absolute Gasteiger partial charge is 0.0541 e. The van der Waals surface area contributed by atoms with Gasteiger partial charge in [0.1, 0.15) is 0 Å². The van der Waals surface area contributed by atoms with E-state index in [9.17, 15) is 0 Å². The predicted molar refractivity (Wildman–Crippen MR) is 247 cm³/mol. The van der Waals surface area contributed by atoms with E-state index in [2.05, 4.69) is 240 Å². The van der Waals surface area contributed by atoms with E-state index in [4.69, 9.17) is 0 Å². The second-order valence-corrected chi connectivity index (χ2v) is 15.0. The summed E-state index contributed by atoms with van der Waals surface area (Å²) >= 11 is 0. The highest BCUT2D eigenvalue weighted by Gasteiger charge is 2.18. The van der Waals surface area contributed by atoms with Gasteiger partial charge in [-0.15, -0.1) is 0 Å². The molecule has 0 aliphatic rings. The van der Waals surface area contributed by atoms with Crippen LogP contribution in [0.15, 0.2) is 231 Å². The molecule has 2 nitrogen and oxygen atoms in total. The molecule has 0 aliphatic heterocycles. The van der Waals surface area contributed by atoms with E-state index in [-0.39, 0.29) is 0 Å². The normalized spacial score (nSPS) is 11.4. The SMILES string of the molecule is c1ccc(N(c2ccc(-c3ccc4ccccc4c3)cc2)c2ccc(-c3cccc(-n4c5ccccc5c5ccccc54)c3)c(-c3ccc4ccccc4c3)c2)cc1. The highest BCUT2D eigenvalue weighted by Crippen LogP contribution is 2.42. The van der Waals surface area contributed by atoms with Crippen molar-refractivity contribution in [1.82, 2.24) is 4.57 Å². The number of rotatable bonds is 7. The lowest BCUT2D eigenvalue weighted by atomic mass is 9.92. The van der Waals surface area contributed by atoms with Crippen molar-refractivity contribution in [2.75, 3.05) is 4.90 Å². The van der Waals surface area contributed by atoms with Gasteiger partial charge in [0.25, 0.3) is 0 Å². The van der Waals surface area contributed by atoms with Crippen molar-refractivity contribution in [1.29, 1.82) is 0 Å². The van der Waals surface area contributed by atoms with Crippen molar-refractivity contribution >= 4 is 60.4 Å². The Bertz CT molecular complexity index is 3230. The lowest BCUT2D eigenvalue weighted by molar-refractivity contribution is 1.18. The van der Waals surface area contributed by atoms with Gasteiger partial charge < -0.3 is 9.47 Å². The maximum atomic E-state index is 2.40. The molecule has 1 aromatic heterocycles. The second kappa shape index (κ2) is 14.1. The van der Waals surface area contributed by atoms with Crippen LogP contribution < -0.4 is 4.90 Å². The summed E-state index contributed by atoms with van der Waals surface area (Å²) in [5.41, 5.74) is 14.0. The van der Waals surface area contributed by atoms with Gasteiger partial charge in [-0.2, -0.15) is 0 Å². The highest BCUT2D eigenvalue weighted by molar-refractivity contribution is 6.09. The van der Waals surface area contributed by atoms with Gasteiger partial charge in [0.2, 0.25) is 0 Å². The molecule has 272 valence electrons. The lowest BCUT2D eigenvalue weighted by Gasteiger charge is -2.27. The molecule has 0 radical (unpaired) electrons. The van der Waals surface area contributed by atoms with Gasteiger partial charge in [0.05, 0.1) is 11.0 Å². The first-order valence-corrected chi connectivity index (χ1v) is 19.9. The summed E-state index contributed by atoms with van der Waals surface area (Å²) < 4.78 is 2.40. The van der Waals surface area contributed by atoms with Gasteiger partial charge in [-0.05, 0) is 128 Å². The topological polar surface area (TPSA) is 8.17 Å². The highest BCUT2D eigenvalue weighted by atomic mass is 15.1. The van der Waals surface area contributed by atoms with Crippen LogP contribution in [0.3, 0.4) is 0 Å². The third kappa shape index (κ3) is 5.91. The molecule has 0 spiro atoms. The standard InChI is InChI=1S/C56H38N2/c1-2-18-47(19-3-1)57(48-31-29-41(30-32-48)44-27-25-39-13-4-6-15-42(39)35-44)50-33-34-51(54(38-50)46-28-26-40-14-5-7-16-43(40)36-46)45-17-12-20-49(37-45)58-55-23-10-8-21-52(55)53-22-9-11-24-56(53)58/h1-38H. The van der Waals surface area contributed by atoms with Crippen LogP contribution in [0.5, 0.6) is 0 Å². The number of fused-ring (bicyclic) bond motifs is 5. The van der Waals surface area contributed by atoms with E-state index >= 15 is 0 Å². The molecule has 10 aromatic carbocycles. The molecule has 0 aliphatic carbocycles. The average Bonchev–Trinajstić information content (AvgIpc) is 3.64. The van der Waals surface area contributed by atoms with E-state index in [0.717, 1.165) is 22.7 Å². The van der Waals surface area contributed by atoms with Crippen LogP contribution in [0.25, 0.3) is 82.4 Å².